The lowest BCUT2D eigenvalue weighted by Crippen LogP contribution is -2.61. The summed E-state index contributed by atoms with van der Waals surface area (Å²) in [5.41, 5.74) is 0.650. The summed E-state index contributed by atoms with van der Waals surface area (Å²) in [4.78, 5) is 47.9. The molecule has 0 bridgehead atoms. The number of imide groups is 1. The van der Waals surface area contributed by atoms with Crippen molar-refractivity contribution in [3.8, 4) is 11.5 Å². The van der Waals surface area contributed by atoms with Crippen molar-refractivity contribution >= 4 is 23.7 Å². The second-order valence-corrected chi connectivity index (χ2v) is 12.1. The summed E-state index contributed by atoms with van der Waals surface area (Å²) in [5.74, 6) is -1.45. The monoisotopic (exact) mass is 694 g/mol. The molecule has 0 radical (unpaired) electrons. The van der Waals surface area contributed by atoms with E-state index in [0.29, 0.717) is 56.0 Å². The fourth-order valence-corrected chi connectivity index (χ4v) is 5.24. The molecule has 3 amide bonds. The highest BCUT2D eigenvalue weighted by molar-refractivity contribution is 6.12. The highest BCUT2D eigenvalue weighted by atomic mass is 16.8. The summed E-state index contributed by atoms with van der Waals surface area (Å²) in [6.07, 6.45) is -3.41. The van der Waals surface area contributed by atoms with Gasteiger partial charge >= 0.3 is 5.97 Å². The van der Waals surface area contributed by atoms with Crippen LogP contribution in [-0.2, 0) is 44.7 Å². The van der Waals surface area contributed by atoms with E-state index in [1.165, 1.54) is 23.1 Å². The van der Waals surface area contributed by atoms with E-state index >= 15 is 0 Å². The van der Waals surface area contributed by atoms with Crippen LogP contribution in [0.4, 0.5) is 0 Å². The molecule has 8 atom stereocenters. The number of carbonyl (C=O) groups excluding carboxylic acids is 3. The minimum Gasteiger partial charge on any atom is -0.491 e. The molecule has 2 saturated heterocycles. The fourth-order valence-electron chi connectivity index (χ4n) is 5.24. The van der Waals surface area contributed by atoms with Crippen LogP contribution in [0.2, 0.25) is 0 Å². The van der Waals surface area contributed by atoms with Gasteiger partial charge in [-0.15, -0.1) is 0 Å². The minimum absolute atomic E-state index is 0.0104. The van der Waals surface area contributed by atoms with E-state index in [2.05, 4.69) is 19.2 Å². The van der Waals surface area contributed by atoms with Crippen molar-refractivity contribution in [2.75, 3.05) is 32.9 Å². The van der Waals surface area contributed by atoms with E-state index in [4.69, 9.17) is 28.4 Å². The molecular formula is C33H46N2O14. The first kappa shape index (κ1) is 38.2. The number of epoxide rings is 1. The quantitative estimate of drug-likeness (QED) is 0.0661. The van der Waals surface area contributed by atoms with Crippen LogP contribution in [0.3, 0.4) is 0 Å². The second kappa shape index (κ2) is 18.4. The molecule has 0 aliphatic carbocycles. The van der Waals surface area contributed by atoms with Gasteiger partial charge in [0, 0.05) is 43.3 Å². The highest BCUT2D eigenvalue weighted by Crippen LogP contribution is 2.35. The Kier molecular flexibility index (Phi) is 14.3. The molecular weight excluding hydrogens is 648 g/mol. The van der Waals surface area contributed by atoms with Crippen molar-refractivity contribution in [3.63, 3.8) is 0 Å². The number of benzene rings is 1. The van der Waals surface area contributed by atoms with Crippen LogP contribution < -0.4 is 14.8 Å². The zero-order valence-electron chi connectivity index (χ0n) is 27.6. The average Bonchev–Trinajstić information content (AvgIpc) is 3.80. The van der Waals surface area contributed by atoms with Gasteiger partial charge in [-0.2, -0.15) is 0 Å². The molecule has 1 aromatic carbocycles. The Morgan fingerprint density at radius 1 is 0.959 bits per heavy atom. The van der Waals surface area contributed by atoms with Crippen molar-refractivity contribution in [3.05, 3.63) is 35.9 Å². The Morgan fingerprint density at radius 2 is 1.71 bits per heavy atom. The lowest BCUT2D eigenvalue weighted by Gasteiger charge is -2.38. The van der Waals surface area contributed by atoms with Gasteiger partial charge in [0.25, 0.3) is 11.8 Å². The minimum atomic E-state index is -1.85. The summed E-state index contributed by atoms with van der Waals surface area (Å²) in [6, 6.07) is 4.71. The molecule has 49 heavy (non-hydrogen) atoms. The van der Waals surface area contributed by atoms with Crippen LogP contribution in [0.25, 0.3) is 0 Å². The van der Waals surface area contributed by atoms with E-state index in [0.717, 1.165) is 6.42 Å². The molecule has 0 saturated carbocycles. The lowest BCUT2D eigenvalue weighted by molar-refractivity contribution is -0.271. The number of aliphatic hydroxyl groups excluding tert-OH is 3. The maximum Gasteiger partial charge on any atom is 0.335 e. The maximum absolute atomic E-state index is 12.1. The van der Waals surface area contributed by atoms with Crippen molar-refractivity contribution in [1.82, 2.24) is 10.2 Å². The predicted molar refractivity (Wildman–Crippen MR) is 168 cm³/mol. The van der Waals surface area contributed by atoms with Gasteiger partial charge in [0.15, 0.2) is 12.4 Å². The molecule has 272 valence electrons. The third-order valence-electron chi connectivity index (χ3n) is 8.43. The largest absolute Gasteiger partial charge is 0.491 e. The van der Waals surface area contributed by atoms with E-state index in [-0.39, 0.29) is 62.3 Å². The first-order valence-electron chi connectivity index (χ1n) is 16.5. The first-order chi connectivity index (χ1) is 23.5. The summed E-state index contributed by atoms with van der Waals surface area (Å²) < 4.78 is 34.0. The Bertz CT molecular complexity index is 1310. The summed E-state index contributed by atoms with van der Waals surface area (Å²) in [6.45, 7) is 5.48. The summed E-state index contributed by atoms with van der Waals surface area (Å²) in [7, 11) is 0. The van der Waals surface area contributed by atoms with E-state index in [1.807, 2.05) is 0 Å². The van der Waals surface area contributed by atoms with E-state index in [9.17, 15) is 39.6 Å². The summed E-state index contributed by atoms with van der Waals surface area (Å²) >= 11 is 0. The van der Waals surface area contributed by atoms with Gasteiger partial charge in [-0.3, -0.25) is 19.3 Å². The van der Waals surface area contributed by atoms with Gasteiger partial charge in [-0.1, -0.05) is 26.7 Å². The standard InChI is InChI=1S/C33H46N2O14/c1-3-19(2)29-33(48-29)46-18-20-8-9-21(47-32-28(41)26(39)27(40)30(49-32)31(42)43)17-22(20)45-16-15-44-14-12-34-23(36)7-5-4-6-13-35-24(37)10-11-25(35)38/h8-11,17,19,26-30,32-33,39-41H,3-7,12-16,18H2,1-2H3,(H,34,36)(H,42,43)/t19?,26-,27-,28+,29?,30-,32+,33?/m0/s1. The van der Waals surface area contributed by atoms with E-state index in [1.54, 1.807) is 12.1 Å². The van der Waals surface area contributed by atoms with Gasteiger partial charge in [0.1, 0.15) is 42.5 Å². The molecule has 4 rings (SSSR count). The molecule has 0 spiro atoms. The Labute approximate surface area is 283 Å². The topological polar surface area (TPSA) is 223 Å². The second-order valence-electron chi connectivity index (χ2n) is 12.1. The maximum atomic E-state index is 12.1. The first-order valence-corrected chi connectivity index (χ1v) is 16.5. The number of carboxylic acid groups (broad SMARTS) is 1. The molecule has 16 nitrogen and oxygen atoms in total. The van der Waals surface area contributed by atoms with Crippen LogP contribution in [0.5, 0.6) is 11.5 Å². The van der Waals surface area contributed by atoms with Crippen LogP contribution in [-0.4, -0.2) is 125 Å². The normalized spacial score (nSPS) is 26.9. The smallest absolute Gasteiger partial charge is 0.335 e. The number of unbranched alkanes of at least 4 members (excludes halogenated alkanes) is 2. The number of aliphatic hydroxyl groups is 3. The molecule has 3 aliphatic heterocycles. The average molecular weight is 695 g/mol. The molecule has 3 aliphatic rings. The molecule has 3 unspecified atom stereocenters. The van der Waals surface area contributed by atoms with Gasteiger partial charge in [-0.05, 0) is 30.9 Å². The van der Waals surface area contributed by atoms with Gasteiger partial charge < -0.3 is 54.2 Å². The van der Waals surface area contributed by atoms with Crippen molar-refractivity contribution in [2.45, 2.75) is 95.7 Å². The summed E-state index contributed by atoms with van der Waals surface area (Å²) in [5, 5.41) is 42.5. The van der Waals surface area contributed by atoms with Crippen LogP contribution >= 0.6 is 0 Å². The fraction of sp³-hybridized carbons (Fsp3) is 0.636. The number of nitrogens with zero attached hydrogens (tertiary/aromatic N) is 1. The van der Waals surface area contributed by atoms with Crippen molar-refractivity contribution < 1.29 is 68.0 Å². The molecule has 2 fully saturated rings. The molecule has 0 aromatic heterocycles. The number of carbonyl (C=O) groups is 4. The lowest BCUT2D eigenvalue weighted by atomic mass is 9.99. The number of nitrogens with one attached hydrogen (secondary N) is 1. The third-order valence-corrected chi connectivity index (χ3v) is 8.43. The Balaban J connectivity index is 1.20. The number of hydrogen-bond donors (Lipinski definition) is 5. The number of rotatable bonds is 21. The molecule has 1 aromatic rings. The number of ether oxygens (including phenoxy) is 6. The predicted octanol–water partition coefficient (Wildman–Crippen LogP) is 0.242. The van der Waals surface area contributed by atoms with Crippen LogP contribution in [0.15, 0.2) is 30.4 Å². The highest BCUT2D eigenvalue weighted by Gasteiger charge is 2.48. The number of carboxylic acids is 1. The zero-order valence-corrected chi connectivity index (χ0v) is 27.6. The molecule has 16 heteroatoms. The van der Waals surface area contributed by atoms with Crippen molar-refractivity contribution in [2.24, 2.45) is 5.92 Å². The third kappa shape index (κ3) is 10.9. The Hall–Kier alpha value is -3.64. The van der Waals surface area contributed by atoms with Crippen molar-refractivity contribution in [1.29, 1.82) is 0 Å². The molecule has 3 heterocycles. The zero-order chi connectivity index (χ0) is 35.5. The van der Waals surface area contributed by atoms with Gasteiger partial charge in [0.05, 0.1) is 19.8 Å². The van der Waals surface area contributed by atoms with E-state index < -0.39 is 36.7 Å². The molecule has 5 N–H and O–H groups in total. The SMILES string of the molecule is CCC(C)C1OC1OCc1ccc(O[C@@H]2O[C@H](C(=O)O)[C@@H](O)[C@H](O)[C@H]2O)cc1OCCOCCNC(=O)CCCCCN1C(=O)C=CC1=O. The number of amides is 3. The van der Waals surface area contributed by atoms with Gasteiger partial charge in [-0.25, -0.2) is 4.79 Å². The number of aliphatic carboxylic acids is 1. The Morgan fingerprint density at radius 3 is 2.43 bits per heavy atom. The number of hydrogen-bond acceptors (Lipinski definition) is 13. The van der Waals surface area contributed by atoms with Crippen LogP contribution in [0.1, 0.15) is 51.5 Å². The van der Waals surface area contributed by atoms with Gasteiger partial charge in [0.2, 0.25) is 12.2 Å². The van der Waals surface area contributed by atoms with Crippen LogP contribution in [0, 0.1) is 5.92 Å².